The first-order chi connectivity index (χ1) is 10.1. The van der Waals surface area contributed by atoms with Gasteiger partial charge in [-0.25, -0.2) is 10.0 Å². The van der Waals surface area contributed by atoms with E-state index in [0.29, 0.717) is 5.56 Å². The molecular weight excluding hydrogens is 276 g/mol. The van der Waals surface area contributed by atoms with Gasteiger partial charge >= 0.3 is 11.8 Å². The molecule has 0 bridgehead atoms. The van der Waals surface area contributed by atoms with E-state index in [1.54, 1.807) is 30.3 Å². The lowest BCUT2D eigenvalue weighted by atomic mass is 9.94. The molecule has 21 heavy (non-hydrogen) atoms. The highest BCUT2D eigenvalue weighted by Crippen LogP contribution is 2.26. The number of amides is 2. The Kier molecular flexibility index (Phi) is 4.29. The molecular formula is C14H10N2O5. The van der Waals surface area contributed by atoms with Crippen molar-refractivity contribution in [3.8, 4) is 11.1 Å². The highest BCUT2D eigenvalue weighted by molar-refractivity contribution is 6.08. The number of hydrogen-bond donors (Lipinski definition) is 2. The predicted octanol–water partition coefficient (Wildman–Crippen LogP) is 1.17. The molecule has 0 heterocycles. The Hall–Kier alpha value is -2.74. The van der Waals surface area contributed by atoms with Crippen molar-refractivity contribution < 1.29 is 20.0 Å². The Bertz CT molecular complexity index is 698. The van der Waals surface area contributed by atoms with Gasteiger partial charge in [0.25, 0.3) is 0 Å². The molecule has 0 aliphatic rings. The zero-order chi connectivity index (χ0) is 15.4. The van der Waals surface area contributed by atoms with E-state index in [0.717, 1.165) is 0 Å². The van der Waals surface area contributed by atoms with Crippen LogP contribution in [-0.2, 0) is 0 Å². The summed E-state index contributed by atoms with van der Waals surface area (Å²) in [6.45, 7) is 0. The minimum Gasteiger partial charge on any atom is -0.592 e. The lowest BCUT2D eigenvalue weighted by Gasteiger charge is -2.14. The largest absolute Gasteiger partial charge is 0.592 e. The average Bonchev–Trinajstić information content (AvgIpc) is 2.53. The molecule has 1 atom stereocenters. The molecule has 0 aliphatic heterocycles. The number of nitrogens with one attached hydrogen (secondary N) is 1. The number of benzene rings is 2. The van der Waals surface area contributed by atoms with Gasteiger partial charge in [0.2, 0.25) is 0 Å². The van der Waals surface area contributed by atoms with Gasteiger partial charge < -0.3 is 5.21 Å². The third-order valence-corrected chi connectivity index (χ3v) is 2.88. The lowest BCUT2D eigenvalue weighted by Crippen LogP contribution is -3.07. The van der Waals surface area contributed by atoms with Gasteiger partial charge in [-0.2, -0.15) is 5.23 Å². The quantitative estimate of drug-likeness (QED) is 0.500. The standard InChI is InChI=1S/C14H10N2O5/c17-13(15-19)11-8-4-7-10(9-5-2-1-3-6-9)12(11)14(18)16(20)21/h1-8,16,20H. The molecule has 2 N–H and O–H groups in total. The second-order valence-electron chi connectivity index (χ2n) is 4.12. The van der Waals surface area contributed by atoms with E-state index < -0.39 is 17.0 Å². The van der Waals surface area contributed by atoms with Crippen molar-refractivity contribution in [2.24, 2.45) is 5.18 Å². The van der Waals surface area contributed by atoms with Crippen molar-refractivity contribution in [3.63, 3.8) is 0 Å². The molecule has 7 heteroatoms. The Morgan fingerprint density at radius 1 is 1.05 bits per heavy atom. The number of carbonyl (C=O) groups excluding carboxylic acids is 2. The van der Waals surface area contributed by atoms with Crippen LogP contribution in [0.3, 0.4) is 0 Å². The number of quaternary nitrogens is 1. The number of hydroxylamine groups is 2. The molecule has 1 unspecified atom stereocenters. The van der Waals surface area contributed by atoms with Crippen LogP contribution in [0.15, 0.2) is 53.7 Å². The highest BCUT2D eigenvalue weighted by atomic mass is 16.8. The molecule has 7 nitrogen and oxygen atoms in total. The van der Waals surface area contributed by atoms with Crippen LogP contribution < -0.4 is 5.23 Å². The molecule has 2 amide bonds. The minimum absolute atomic E-state index is 0.262. The van der Waals surface area contributed by atoms with Crippen molar-refractivity contribution in [1.29, 1.82) is 0 Å². The van der Waals surface area contributed by atoms with Crippen LogP contribution in [0.25, 0.3) is 11.1 Å². The van der Waals surface area contributed by atoms with E-state index >= 15 is 0 Å². The van der Waals surface area contributed by atoms with Gasteiger partial charge in [-0.1, -0.05) is 42.5 Å². The monoisotopic (exact) mass is 286 g/mol. The fraction of sp³-hybridized carbons (Fsp3) is 0. The van der Waals surface area contributed by atoms with Crippen LogP contribution in [0.5, 0.6) is 0 Å². The first-order valence-corrected chi connectivity index (χ1v) is 5.90. The zero-order valence-corrected chi connectivity index (χ0v) is 10.6. The van der Waals surface area contributed by atoms with Gasteiger partial charge in [0.15, 0.2) is 0 Å². The molecule has 0 radical (unpaired) electrons. The van der Waals surface area contributed by atoms with E-state index in [1.165, 1.54) is 18.2 Å². The van der Waals surface area contributed by atoms with E-state index in [9.17, 15) is 19.7 Å². The molecule has 106 valence electrons. The summed E-state index contributed by atoms with van der Waals surface area (Å²) in [5.41, 5.74) is 0.166. The summed E-state index contributed by atoms with van der Waals surface area (Å²) in [5, 5.41) is 20.4. The van der Waals surface area contributed by atoms with Crippen LogP contribution in [0.1, 0.15) is 20.7 Å². The Balaban J connectivity index is 2.74. The van der Waals surface area contributed by atoms with Gasteiger partial charge in [-0.05, 0) is 17.2 Å². The van der Waals surface area contributed by atoms with E-state index in [2.05, 4.69) is 5.18 Å². The Labute approximate surface area is 118 Å². The summed E-state index contributed by atoms with van der Waals surface area (Å²) in [6.07, 6.45) is 0. The summed E-state index contributed by atoms with van der Waals surface area (Å²) >= 11 is 0. The summed E-state index contributed by atoms with van der Waals surface area (Å²) < 4.78 is 0. The second-order valence-corrected chi connectivity index (χ2v) is 4.12. The first kappa shape index (κ1) is 14.7. The molecule has 0 fully saturated rings. The van der Waals surface area contributed by atoms with Crippen LogP contribution in [0.2, 0.25) is 0 Å². The number of rotatable bonds is 3. The Morgan fingerprint density at radius 3 is 2.29 bits per heavy atom. The molecule has 0 saturated heterocycles. The SMILES string of the molecule is O=NC(=O)c1cccc(-c2ccccc2)c1C(=O)[NH+]([O-])O. The van der Waals surface area contributed by atoms with Crippen molar-refractivity contribution in [3.05, 3.63) is 69.8 Å². The number of nitrogens with zero attached hydrogens (tertiary/aromatic N) is 1. The first-order valence-electron chi connectivity index (χ1n) is 5.90. The summed E-state index contributed by atoms with van der Waals surface area (Å²) in [5.74, 6) is -2.45. The summed E-state index contributed by atoms with van der Waals surface area (Å²) in [6, 6.07) is 12.7. The molecule has 2 aromatic carbocycles. The minimum atomic E-state index is -1.71. The number of carbonyl (C=O) groups is 2. The van der Waals surface area contributed by atoms with E-state index in [4.69, 9.17) is 5.21 Å². The molecule has 2 rings (SSSR count). The van der Waals surface area contributed by atoms with Crippen LogP contribution in [0, 0.1) is 10.1 Å². The fourth-order valence-electron chi connectivity index (χ4n) is 1.99. The molecule has 0 aromatic heterocycles. The van der Waals surface area contributed by atoms with Gasteiger partial charge in [0.1, 0.15) is 5.56 Å². The molecule has 2 aromatic rings. The second kappa shape index (κ2) is 6.14. The summed E-state index contributed by atoms with van der Waals surface area (Å²) in [4.78, 5) is 33.8. The van der Waals surface area contributed by atoms with Crippen molar-refractivity contribution >= 4 is 11.8 Å². The molecule has 0 spiro atoms. The van der Waals surface area contributed by atoms with Crippen molar-refractivity contribution in [2.45, 2.75) is 0 Å². The third-order valence-electron chi connectivity index (χ3n) is 2.88. The normalized spacial score (nSPS) is 11.7. The topological polar surface area (TPSA) is 111 Å². The summed E-state index contributed by atoms with van der Waals surface area (Å²) in [7, 11) is 0. The van der Waals surface area contributed by atoms with Crippen LogP contribution in [-0.4, -0.2) is 17.0 Å². The van der Waals surface area contributed by atoms with Gasteiger partial charge in [-0.3, -0.25) is 4.79 Å². The van der Waals surface area contributed by atoms with Gasteiger partial charge in [0.05, 0.1) is 5.56 Å². The van der Waals surface area contributed by atoms with Gasteiger partial charge in [0, 0.05) is 5.18 Å². The molecule has 0 saturated carbocycles. The highest BCUT2D eigenvalue weighted by Gasteiger charge is 2.26. The average molecular weight is 286 g/mol. The predicted molar refractivity (Wildman–Crippen MR) is 72.5 cm³/mol. The maximum absolute atomic E-state index is 11.9. The van der Waals surface area contributed by atoms with E-state index in [-0.39, 0.29) is 16.7 Å². The number of nitroso groups, excluding NO2 is 1. The van der Waals surface area contributed by atoms with Gasteiger partial charge in [-0.15, -0.1) is 4.91 Å². The molecule has 0 aliphatic carbocycles. The van der Waals surface area contributed by atoms with Crippen LogP contribution in [0.4, 0.5) is 0 Å². The van der Waals surface area contributed by atoms with Crippen molar-refractivity contribution in [2.75, 3.05) is 0 Å². The smallest absolute Gasteiger partial charge is 0.377 e. The van der Waals surface area contributed by atoms with E-state index in [1.807, 2.05) is 0 Å². The third kappa shape index (κ3) is 2.90. The van der Waals surface area contributed by atoms with Crippen LogP contribution >= 0.6 is 0 Å². The fourth-order valence-corrected chi connectivity index (χ4v) is 1.99. The Morgan fingerprint density at radius 2 is 1.71 bits per heavy atom. The maximum atomic E-state index is 11.9. The maximum Gasteiger partial charge on any atom is 0.377 e. The van der Waals surface area contributed by atoms with Crippen molar-refractivity contribution in [1.82, 2.24) is 0 Å². The lowest BCUT2D eigenvalue weighted by molar-refractivity contribution is -0.974. The number of hydrogen-bond acceptors (Lipinski definition) is 5. The zero-order valence-electron chi connectivity index (χ0n) is 10.6.